The molecule has 0 radical (unpaired) electrons. The minimum absolute atomic E-state index is 0.0118. The molecule has 134 valence electrons. The maximum Gasteiger partial charge on any atom is 0.326 e. The van der Waals surface area contributed by atoms with E-state index in [9.17, 15) is 9.59 Å². The number of rotatable bonds is 3. The topological polar surface area (TPSA) is 75.9 Å². The van der Waals surface area contributed by atoms with Gasteiger partial charge in [0, 0.05) is 37.6 Å². The van der Waals surface area contributed by atoms with Crippen LogP contribution in [-0.4, -0.2) is 32.2 Å². The third-order valence-corrected chi connectivity index (χ3v) is 5.54. The van der Waals surface area contributed by atoms with Gasteiger partial charge in [-0.1, -0.05) is 12.1 Å². The van der Waals surface area contributed by atoms with E-state index in [2.05, 4.69) is 14.9 Å². The first-order chi connectivity index (χ1) is 12.7. The standard InChI is InChI=1S/C19H21N5O2/c25-18-17(20-9-12-23(18)13-5-6-13)22-10-7-14(8-11-22)24-16-4-2-1-3-15(16)21-19(24)26/h1-4,9,12-14H,5-8,10-11H2,(H,21,26). The summed E-state index contributed by atoms with van der Waals surface area (Å²) in [5.74, 6) is 0.545. The number of benzene rings is 1. The van der Waals surface area contributed by atoms with E-state index in [0.29, 0.717) is 11.9 Å². The number of H-pyrrole nitrogens is 1. The number of hydrogen-bond acceptors (Lipinski definition) is 4. The zero-order valence-corrected chi connectivity index (χ0v) is 14.5. The Balaban J connectivity index is 1.40. The van der Waals surface area contributed by atoms with E-state index in [0.717, 1.165) is 49.8 Å². The van der Waals surface area contributed by atoms with Crippen molar-refractivity contribution in [3.05, 3.63) is 57.5 Å². The van der Waals surface area contributed by atoms with Crippen molar-refractivity contribution >= 4 is 16.9 Å². The first-order valence-electron chi connectivity index (χ1n) is 9.24. The summed E-state index contributed by atoms with van der Waals surface area (Å²) in [6, 6.07) is 8.28. The zero-order chi connectivity index (χ0) is 17.7. The fourth-order valence-corrected chi connectivity index (χ4v) is 4.04. The molecule has 7 heteroatoms. The van der Waals surface area contributed by atoms with Crippen molar-refractivity contribution < 1.29 is 0 Å². The molecule has 3 heterocycles. The molecule has 0 bridgehead atoms. The van der Waals surface area contributed by atoms with Crippen molar-refractivity contribution in [2.45, 2.75) is 37.8 Å². The van der Waals surface area contributed by atoms with Crippen LogP contribution < -0.4 is 16.1 Å². The lowest BCUT2D eigenvalue weighted by Crippen LogP contribution is -2.40. The molecule has 2 aliphatic rings. The van der Waals surface area contributed by atoms with Crippen LogP contribution in [-0.2, 0) is 0 Å². The third kappa shape index (κ3) is 2.46. The molecule has 5 rings (SSSR count). The van der Waals surface area contributed by atoms with Crippen molar-refractivity contribution in [1.29, 1.82) is 0 Å². The van der Waals surface area contributed by atoms with Crippen molar-refractivity contribution in [1.82, 2.24) is 19.1 Å². The highest BCUT2D eigenvalue weighted by molar-refractivity contribution is 5.75. The van der Waals surface area contributed by atoms with Gasteiger partial charge in [0.25, 0.3) is 5.56 Å². The van der Waals surface area contributed by atoms with E-state index in [1.54, 1.807) is 12.4 Å². The van der Waals surface area contributed by atoms with Crippen molar-refractivity contribution in [2.75, 3.05) is 18.0 Å². The molecule has 1 saturated carbocycles. The van der Waals surface area contributed by atoms with E-state index in [-0.39, 0.29) is 17.3 Å². The highest BCUT2D eigenvalue weighted by Gasteiger charge is 2.29. The van der Waals surface area contributed by atoms with Crippen LogP contribution >= 0.6 is 0 Å². The Kier molecular flexibility index (Phi) is 3.48. The molecular formula is C19H21N5O2. The lowest BCUT2D eigenvalue weighted by molar-refractivity contribution is 0.394. The molecular weight excluding hydrogens is 330 g/mol. The van der Waals surface area contributed by atoms with Gasteiger partial charge in [0.15, 0.2) is 5.82 Å². The average molecular weight is 351 g/mol. The second-order valence-electron chi connectivity index (χ2n) is 7.23. The molecule has 0 atom stereocenters. The van der Waals surface area contributed by atoms with Crippen molar-refractivity contribution in [3.63, 3.8) is 0 Å². The molecule has 2 fully saturated rings. The quantitative estimate of drug-likeness (QED) is 0.784. The normalized spacial score (nSPS) is 18.5. The Morgan fingerprint density at radius 1 is 1.00 bits per heavy atom. The molecule has 1 saturated heterocycles. The second kappa shape index (κ2) is 5.86. The molecule has 1 aliphatic heterocycles. The molecule has 0 amide bonds. The van der Waals surface area contributed by atoms with Gasteiger partial charge in [-0.05, 0) is 37.8 Å². The van der Waals surface area contributed by atoms with E-state index in [1.807, 2.05) is 33.4 Å². The van der Waals surface area contributed by atoms with Crippen LogP contribution in [0.1, 0.15) is 37.8 Å². The van der Waals surface area contributed by atoms with E-state index in [1.165, 1.54) is 0 Å². The van der Waals surface area contributed by atoms with Crippen LogP contribution in [0, 0.1) is 0 Å². The number of hydrogen-bond donors (Lipinski definition) is 1. The first kappa shape index (κ1) is 15.4. The molecule has 1 aliphatic carbocycles. The molecule has 1 N–H and O–H groups in total. The van der Waals surface area contributed by atoms with Crippen LogP contribution in [0.4, 0.5) is 5.82 Å². The molecule has 0 unspecified atom stereocenters. The highest BCUT2D eigenvalue weighted by atomic mass is 16.1. The van der Waals surface area contributed by atoms with Crippen LogP contribution in [0.5, 0.6) is 0 Å². The van der Waals surface area contributed by atoms with Gasteiger partial charge in [-0.2, -0.15) is 0 Å². The third-order valence-electron chi connectivity index (χ3n) is 5.54. The smallest absolute Gasteiger partial charge is 0.326 e. The summed E-state index contributed by atoms with van der Waals surface area (Å²) in [6.45, 7) is 1.46. The first-order valence-corrected chi connectivity index (χ1v) is 9.24. The number of anilines is 1. The number of fused-ring (bicyclic) bond motifs is 1. The van der Waals surface area contributed by atoms with Crippen LogP contribution in [0.2, 0.25) is 0 Å². The lowest BCUT2D eigenvalue weighted by Gasteiger charge is -2.33. The van der Waals surface area contributed by atoms with Gasteiger partial charge in [-0.15, -0.1) is 0 Å². The number of piperidine rings is 1. The second-order valence-corrected chi connectivity index (χ2v) is 7.23. The molecule has 26 heavy (non-hydrogen) atoms. The Labute approximate surface area is 149 Å². The summed E-state index contributed by atoms with van der Waals surface area (Å²) in [7, 11) is 0. The summed E-state index contributed by atoms with van der Waals surface area (Å²) >= 11 is 0. The molecule has 1 aromatic carbocycles. The van der Waals surface area contributed by atoms with Crippen molar-refractivity contribution in [2.24, 2.45) is 0 Å². The fraction of sp³-hybridized carbons (Fsp3) is 0.421. The Morgan fingerprint density at radius 2 is 1.77 bits per heavy atom. The number of aromatic amines is 1. The number of aromatic nitrogens is 4. The number of nitrogens with zero attached hydrogens (tertiary/aromatic N) is 4. The van der Waals surface area contributed by atoms with E-state index < -0.39 is 0 Å². The Bertz CT molecular complexity index is 1070. The summed E-state index contributed by atoms with van der Waals surface area (Å²) in [6.07, 6.45) is 7.32. The van der Waals surface area contributed by atoms with Crippen LogP contribution in [0.25, 0.3) is 11.0 Å². The molecule has 3 aromatic rings. The monoisotopic (exact) mass is 351 g/mol. The number of para-hydroxylation sites is 2. The Morgan fingerprint density at radius 3 is 2.54 bits per heavy atom. The molecule has 2 aromatic heterocycles. The summed E-state index contributed by atoms with van der Waals surface area (Å²) in [4.78, 5) is 34.4. The molecule has 0 spiro atoms. The van der Waals surface area contributed by atoms with Gasteiger partial charge in [-0.3, -0.25) is 9.36 Å². The minimum Gasteiger partial charge on any atom is -0.352 e. The predicted molar refractivity (Wildman–Crippen MR) is 99.8 cm³/mol. The zero-order valence-electron chi connectivity index (χ0n) is 14.5. The maximum atomic E-state index is 12.7. The fourth-order valence-electron chi connectivity index (χ4n) is 4.04. The van der Waals surface area contributed by atoms with Crippen LogP contribution in [0.15, 0.2) is 46.2 Å². The summed E-state index contributed by atoms with van der Waals surface area (Å²) in [5.41, 5.74) is 1.78. The van der Waals surface area contributed by atoms with Gasteiger partial charge in [-0.25, -0.2) is 9.78 Å². The lowest BCUT2D eigenvalue weighted by atomic mass is 10.0. The SMILES string of the molecule is O=c1c(N2CCC(n3c(=O)[nH]c4ccccc43)CC2)nccn1C1CC1. The Hall–Kier alpha value is -2.83. The summed E-state index contributed by atoms with van der Waals surface area (Å²) in [5, 5.41) is 0. The van der Waals surface area contributed by atoms with Gasteiger partial charge >= 0.3 is 5.69 Å². The van der Waals surface area contributed by atoms with Gasteiger partial charge < -0.3 is 14.5 Å². The van der Waals surface area contributed by atoms with E-state index >= 15 is 0 Å². The van der Waals surface area contributed by atoms with E-state index in [4.69, 9.17) is 0 Å². The highest BCUT2D eigenvalue weighted by Crippen LogP contribution is 2.33. The summed E-state index contributed by atoms with van der Waals surface area (Å²) < 4.78 is 3.69. The number of imidazole rings is 1. The average Bonchev–Trinajstić information content (AvgIpc) is 3.44. The van der Waals surface area contributed by atoms with Gasteiger partial charge in [0.2, 0.25) is 0 Å². The van der Waals surface area contributed by atoms with Crippen molar-refractivity contribution in [3.8, 4) is 0 Å². The van der Waals surface area contributed by atoms with Crippen LogP contribution in [0.3, 0.4) is 0 Å². The minimum atomic E-state index is -0.0569. The van der Waals surface area contributed by atoms with Gasteiger partial charge in [0.05, 0.1) is 11.0 Å². The maximum absolute atomic E-state index is 12.7. The number of nitrogens with one attached hydrogen (secondary N) is 1. The van der Waals surface area contributed by atoms with Gasteiger partial charge in [0.1, 0.15) is 0 Å². The predicted octanol–water partition coefficient (Wildman–Crippen LogP) is 2.06. The molecule has 7 nitrogen and oxygen atoms in total. The largest absolute Gasteiger partial charge is 0.352 e.